The van der Waals surface area contributed by atoms with E-state index >= 15 is 0 Å². The Balaban J connectivity index is 1.52. The number of imide groups is 1. The summed E-state index contributed by atoms with van der Waals surface area (Å²) < 4.78 is 5.94. The van der Waals surface area contributed by atoms with Gasteiger partial charge in [0.15, 0.2) is 0 Å². The molecule has 2 amide bonds. The van der Waals surface area contributed by atoms with Gasteiger partial charge < -0.3 is 4.74 Å². The number of thioether (sulfide) groups is 1. The van der Waals surface area contributed by atoms with Gasteiger partial charge in [0.2, 0.25) is 0 Å². The van der Waals surface area contributed by atoms with Gasteiger partial charge in [-0.1, -0.05) is 30.3 Å². The number of carbonyl (C=O) groups is 2. The molecule has 0 aliphatic carbocycles. The summed E-state index contributed by atoms with van der Waals surface area (Å²) in [7, 11) is 0. The van der Waals surface area contributed by atoms with E-state index in [2.05, 4.69) is 6.58 Å². The first kappa shape index (κ1) is 23.0. The minimum absolute atomic E-state index is 0.0251. The summed E-state index contributed by atoms with van der Waals surface area (Å²) in [6.45, 7) is 4.04. The van der Waals surface area contributed by atoms with Crippen molar-refractivity contribution in [2.75, 3.05) is 4.90 Å². The van der Waals surface area contributed by atoms with Crippen molar-refractivity contribution in [2.24, 2.45) is 0 Å². The van der Waals surface area contributed by atoms with E-state index in [9.17, 15) is 19.7 Å². The van der Waals surface area contributed by atoms with Gasteiger partial charge in [0.05, 0.1) is 15.5 Å². The lowest BCUT2D eigenvalue weighted by atomic mass is 10.1. The van der Waals surface area contributed by atoms with E-state index in [0.717, 1.165) is 28.5 Å². The van der Waals surface area contributed by atoms with Crippen molar-refractivity contribution < 1.29 is 19.2 Å². The molecule has 3 aromatic carbocycles. The highest BCUT2D eigenvalue weighted by Crippen LogP contribution is 2.36. The number of rotatable bonds is 8. The number of nitrogens with zero attached hydrogens (tertiary/aromatic N) is 2. The third-order valence-electron chi connectivity index (χ3n) is 5.10. The molecule has 8 heteroatoms. The SMILES string of the molecule is C=CCc1cc(/C=C2\SC(=O)N(c3ccccc3)C2=O)ccc1OCc1ccc([N+](=O)[O-])cc1. The van der Waals surface area contributed by atoms with Gasteiger partial charge in [-0.3, -0.25) is 19.7 Å². The van der Waals surface area contributed by atoms with E-state index in [-0.39, 0.29) is 23.4 Å². The third kappa shape index (κ3) is 5.07. The van der Waals surface area contributed by atoms with Gasteiger partial charge in [-0.2, -0.15) is 0 Å². The van der Waals surface area contributed by atoms with Crippen molar-refractivity contribution in [3.63, 3.8) is 0 Å². The molecule has 1 heterocycles. The van der Waals surface area contributed by atoms with E-state index in [1.165, 1.54) is 17.0 Å². The lowest BCUT2D eigenvalue weighted by molar-refractivity contribution is -0.384. The topological polar surface area (TPSA) is 89.8 Å². The van der Waals surface area contributed by atoms with Crippen LogP contribution in [0.2, 0.25) is 0 Å². The predicted molar refractivity (Wildman–Crippen MR) is 133 cm³/mol. The molecule has 7 nitrogen and oxygen atoms in total. The average Bonchev–Trinajstić information content (AvgIpc) is 3.12. The number of benzene rings is 3. The second-order valence-corrected chi connectivity index (χ2v) is 8.42. The molecule has 1 aliphatic heterocycles. The van der Waals surface area contributed by atoms with Crippen LogP contribution in [0.25, 0.3) is 6.08 Å². The van der Waals surface area contributed by atoms with Crippen LogP contribution in [-0.2, 0) is 17.8 Å². The fraction of sp³-hybridized carbons (Fsp3) is 0.0769. The standard InChI is InChI=1S/C26H20N2O5S/c1-2-6-20-15-19(11-14-23(20)33-17-18-9-12-22(13-10-18)28(31)32)16-24-25(29)27(26(30)34-24)21-7-4-3-5-8-21/h2-5,7-16H,1,6,17H2/b24-16-. The molecule has 1 fully saturated rings. The predicted octanol–water partition coefficient (Wildman–Crippen LogP) is 6.14. The maximum atomic E-state index is 12.9. The van der Waals surface area contributed by atoms with E-state index in [1.54, 1.807) is 54.6 Å². The largest absolute Gasteiger partial charge is 0.489 e. The fourth-order valence-electron chi connectivity index (χ4n) is 3.44. The summed E-state index contributed by atoms with van der Waals surface area (Å²) in [5.74, 6) is 0.290. The second kappa shape index (κ2) is 10.2. The number of non-ortho nitro benzene ring substituents is 1. The van der Waals surface area contributed by atoms with Crippen molar-refractivity contribution in [3.8, 4) is 5.75 Å². The monoisotopic (exact) mass is 472 g/mol. The Morgan fingerprint density at radius 2 is 1.76 bits per heavy atom. The first-order valence-electron chi connectivity index (χ1n) is 10.4. The number of allylic oxidation sites excluding steroid dienone is 1. The highest BCUT2D eigenvalue weighted by atomic mass is 32.2. The van der Waals surface area contributed by atoms with Crippen LogP contribution in [-0.4, -0.2) is 16.1 Å². The molecule has 4 rings (SSSR count). The van der Waals surface area contributed by atoms with Crippen molar-refractivity contribution >= 4 is 40.4 Å². The van der Waals surface area contributed by atoms with Crippen LogP contribution in [0.3, 0.4) is 0 Å². The average molecular weight is 473 g/mol. The normalized spacial score (nSPS) is 14.5. The van der Waals surface area contributed by atoms with Crippen molar-refractivity contribution in [2.45, 2.75) is 13.0 Å². The zero-order valence-electron chi connectivity index (χ0n) is 18.0. The first-order chi connectivity index (χ1) is 16.5. The molecule has 0 radical (unpaired) electrons. The smallest absolute Gasteiger partial charge is 0.298 e. The Morgan fingerprint density at radius 3 is 2.44 bits per heavy atom. The van der Waals surface area contributed by atoms with Gasteiger partial charge in [0.25, 0.3) is 16.8 Å². The van der Waals surface area contributed by atoms with Crippen LogP contribution in [0.15, 0.2) is 90.4 Å². The molecule has 0 aromatic heterocycles. The zero-order chi connectivity index (χ0) is 24.1. The number of para-hydroxylation sites is 1. The number of hydrogen-bond donors (Lipinski definition) is 0. The summed E-state index contributed by atoms with van der Waals surface area (Å²) in [5, 5.41) is 10.5. The first-order valence-corrected chi connectivity index (χ1v) is 11.2. The molecule has 170 valence electrons. The Kier molecular flexibility index (Phi) is 6.89. The van der Waals surface area contributed by atoms with Gasteiger partial charge in [-0.05, 0) is 77.3 Å². The van der Waals surface area contributed by atoms with Crippen LogP contribution >= 0.6 is 11.8 Å². The van der Waals surface area contributed by atoms with Gasteiger partial charge in [-0.15, -0.1) is 6.58 Å². The summed E-state index contributed by atoms with van der Waals surface area (Å²) in [5.41, 5.74) is 2.99. The Bertz CT molecular complexity index is 1290. The van der Waals surface area contributed by atoms with Gasteiger partial charge in [0.1, 0.15) is 12.4 Å². The van der Waals surface area contributed by atoms with E-state index in [4.69, 9.17) is 4.74 Å². The van der Waals surface area contributed by atoms with Crippen LogP contribution in [0.5, 0.6) is 5.75 Å². The Hall–Kier alpha value is -4.17. The van der Waals surface area contributed by atoms with Crippen LogP contribution < -0.4 is 9.64 Å². The highest BCUT2D eigenvalue weighted by Gasteiger charge is 2.36. The Morgan fingerprint density at radius 1 is 1.03 bits per heavy atom. The van der Waals surface area contributed by atoms with Crippen molar-refractivity contribution in [1.82, 2.24) is 0 Å². The molecule has 34 heavy (non-hydrogen) atoms. The highest BCUT2D eigenvalue weighted by molar-refractivity contribution is 8.19. The molecular formula is C26H20N2O5S. The molecule has 0 atom stereocenters. The number of nitro benzene ring substituents is 1. The molecule has 0 saturated carbocycles. The van der Waals surface area contributed by atoms with Crippen LogP contribution in [0, 0.1) is 10.1 Å². The molecule has 1 aliphatic rings. The summed E-state index contributed by atoms with van der Waals surface area (Å²) >= 11 is 0.905. The molecule has 0 N–H and O–H groups in total. The number of nitro groups is 1. The summed E-state index contributed by atoms with van der Waals surface area (Å²) in [6, 6.07) is 20.5. The summed E-state index contributed by atoms with van der Waals surface area (Å²) in [6.07, 6.45) is 3.99. The molecular weight excluding hydrogens is 452 g/mol. The quantitative estimate of drug-likeness (QED) is 0.169. The van der Waals surface area contributed by atoms with Crippen LogP contribution in [0.1, 0.15) is 16.7 Å². The maximum Gasteiger partial charge on any atom is 0.298 e. The lowest BCUT2D eigenvalue weighted by Gasteiger charge is -2.12. The van der Waals surface area contributed by atoms with Crippen LogP contribution in [0.4, 0.5) is 16.2 Å². The lowest BCUT2D eigenvalue weighted by Crippen LogP contribution is -2.27. The third-order valence-corrected chi connectivity index (χ3v) is 5.97. The van der Waals surface area contributed by atoms with E-state index < -0.39 is 4.92 Å². The maximum absolute atomic E-state index is 12.9. The molecule has 0 unspecified atom stereocenters. The fourth-order valence-corrected chi connectivity index (χ4v) is 4.28. The number of hydrogen-bond acceptors (Lipinski definition) is 6. The number of amides is 2. The van der Waals surface area contributed by atoms with E-state index in [1.807, 2.05) is 18.2 Å². The van der Waals surface area contributed by atoms with Gasteiger partial charge in [0, 0.05) is 12.1 Å². The minimum atomic E-state index is -0.444. The second-order valence-electron chi connectivity index (χ2n) is 7.42. The molecule has 1 saturated heterocycles. The Labute approximate surface area is 200 Å². The number of anilines is 1. The molecule has 0 bridgehead atoms. The van der Waals surface area contributed by atoms with Crippen molar-refractivity contribution in [1.29, 1.82) is 0 Å². The zero-order valence-corrected chi connectivity index (χ0v) is 18.9. The van der Waals surface area contributed by atoms with Gasteiger partial charge >= 0.3 is 0 Å². The molecule has 0 spiro atoms. The summed E-state index contributed by atoms with van der Waals surface area (Å²) in [4.78, 5) is 37.2. The number of ether oxygens (including phenoxy) is 1. The van der Waals surface area contributed by atoms with Gasteiger partial charge in [-0.25, -0.2) is 4.90 Å². The minimum Gasteiger partial charge on any atom is -0.489 e. The number of carbonyl (C=O) groups excluding carboxylic acids is 2. The van der Waals surface area contributed by atoms with E-state index in [0.29, 0.717) is 22.8 Å². The molecule has 3 aromatic rings. The van der Waals surface area contributed by atoms with Crippen molar-refractivity contribution in [3.05, 3.63) is 117 Å².